The summed E-state index contributed by atoms with van der Waals surface area (Å²) in [6, 6.07) is 18.4. The lowest BCUT2D eigenvalue weighted by Crippen LogP contribution is -2.16. The van der Waals surface area contributed by atoms with E-state index in [1.807, 2.05) is 6.07 Å². The van der Waals surface area contributed by atoms with Gasteiger partial charge < -0.3 is 18.7 Å². The summed E-state index contributed by atoms with van der Waals surface area (Å²) in [7, 11) is 0. The van der Waals surface area contributed by atoms with Crippen LogP contribution in [0.1, 0.15) is 43.8 Å². The van der Waals surface area contributed by atoms with E-state index in [9.17, 15) is 23.9 Å². The Morgan fingerprint density at radius 2 is 1.61 bits per heavy atom. The standard InChI is InChI=1S/C25H17FO7/c26-17-8-6-15(7-9-17)12-18-10-11-20(32-18)22(28)24-23(19(27)13-21(33-24)25(29)30)31-14-16-4-2-1-3-5-16/h1-11,13H,12,14H2,(H,29,30). The van der Waals surface area contributed by atoms with Gasteiger partial charge in [-0.15, -0.1) is 0 Å². The predicted molar refractivity (Wildman–Crippen MR) is 114 cm³/mol. The van der Waals surface area contributed by atoms with Crippen molar-refractivity contribution in [3.63, 3.8) is 0 Å². The number of carboxylic acids is 1. The number of furan rings is 1. The first-order chi connectivity index (χ1) is 15.9. The molecule has 0 atom stereocenters. The first-order valence-corrected chi connectivity index (χ1v) is 9.87. The zero-order valence-corrected chi connectivity index (χ0v) is 17.1. The normalized spacial score (nSPS) is 10.7. The fraction of sp³-hybridized carbons (Fsp3) is 0.0800. The number of carbonyl (C=O) groups excluding carboxylic acids is 1. The Morgan fingerprint density at radius 3 is 2.30 bits per heavy atom. The molecule has 1 N–H and O–H groups in total. The van der Waals surface area contributed by atoms with Crippen LogP contribution in [0.3, 0.4) is 0 Å². The second-order valence-electron chi connectivity index (χ2n) is 7.11. The van der Waals surface area contributed by atoms with Crippen LogP contribution in [0, 0.1) is 5.82 Å². The van der Waals surface area contributed by atoms with Crippen molar-refractivity contribution >= 4 is 11.8 Å². The molecule has 166 valence electrons. The van der Waals surface area contributed by atoms with Crippen LogP contribution in [0.15, 0.2) is 86.4 Å². The van der Waals surface area contributed by atoms with Gasteiger partial charge in [-0.2, -0.15) is 0 Å². The number of carbonyl (C=O) groups is 2. The average Bonchev–Trinajstić information content (AvgIpc) is 3.28. The average molecular weight is 448 g/mol. The van der Waals surface area contributed by atoms with Crippen LogP contribution in [-0.2, 0) is 13.0 Å². The Bertz CT molecular complexity index is 1350. The molecule has 0 fully saturated rings. The minimum atomic E-state index is -1.51. The highest BCUT2D eigenvalue weighted by Gasteiger charge is 2.26. The summed E-state index contributed by atoms with van der Waals surface area (Å²) in [4.78, 5) is 37.0. The number of benzene rings is 2. The van der Waals surface area contributed by atoms with Gasteiger partial charge in [0.1, 0.15) is 18.2 Å². The Morgan fingerprint density at radius 1 is 0.879 bits per heavy atom. The third-order valence-corrected chi connectivity index (χ3v) is 4.72. The lowest BCUT2D eigenvalue weighted by molar-refractivity contribution is 0.0654. The van der Waals surface area contributed by atoms with Crippen molar-refractivity contribution < 1.29 is 32.7 Å². The Kier molecular flexibility index (Phi) is 6.17. The second-order valence-corrected chi connectivity index (χ2v) is 7.11. The number of rotatable bonds is 8. The molecule has 4 rings (SSSR count). The van der Waals surface area contributed by atoms with Gasteiger partial charge in [0.25, 0.3) is 5.78 Å². The van der Waals surface area contributed by atoms with Crippen LogP contribution < -0.4 is 10.2 Å². The SMILES string of the molecule is O=C(O)c1cc(=O)c(OCc2ccccc2)c(C(=O)c2ccc(Cc3ccc(F)cc3)o2)o1. The highest BCUT2D eigenvalue weighted by Crippen LogP contribution is 2.23. The van der Waals surface area contributed by atoms with Crippen molar-refractivity contribution in [1.82, 2.24) is 0 Å². The molecule has 0 radical (unpaired) electrons. The molecule has 2 aromatic heterocycles. The number of carboxylic acid groups (broad SMARTS) is 1. The quantitative estimate of drug-likeness (QED) is 0.396. The molecule has 4 aromatic rings. The van der Waals surface area contributed by atoms with Crippen LogP contribution in [0.4, 0.5) is 4.39 Å². The van der Waals surface area contributed by atoms with Crippen LogP contribution in [0.25, 0.3) is 0 Å². The van der Waals surface area contributed by atoms with E-state index in [-0.39, 0.29) is 18.2 Å². The monoisotopic (exact) mass is 448 g/mol. The van der Waals surface area contributed by atoms with Gasteiger partial charge in [-0.05, 0) is 35.4 Å². The number of ketones is 1. The highest BCUT2D eigenvalue weighted by atomic mass is 19.1. The van der Waals surface area contributed by atoms with Crippen molar-refractivity contribution in [3.8, 4) is 5.75 Å². The lowest BCUT2D eigenvalue weighted by Gasteiger charge is -2.09. The molecule has 8 heteroatoms. The Balaban J connectivity index is 1.64. The number of hydrogen-bond donors (Lipinski definition) is 1. The Labute approximate surface area is 186 Å². The van der Waals surface area contributed by atoms with Gasteiger partial charge in [0, 0.05) is 12.5 Å². The Hall–Kier alpha value is -4.46. The van der Waals surface area contributed by atoms with E-state index >= 15 is 0 Å². The largest absolute Gasteiger partial charge is 0.481 e. The van der Waals surface area contributed by atoms with E-state index in [1.165, 1.54) is 18.2 Å². The summed E-state index contributed by atoms with van der Waals surface area (Å²) in [6.07, 6.45) is 0.296. The van der Waals surface area contributed by atoms with Crippen molar-refractivity contribution in [1.29, 1.82) is 0 Å². The molecule has 0 aliphatic heterocycles. The van der Waals surface area contributed by atoms with Gasteiger partial charge >= 0.3 is 5.97 Å². The topological polar surface area (TPSA) is 107 Å². The molecule has 0 bridgehead atoms. The molecule has 0 aliphatic rings. The fourth-order valence-corrected chi connectivity index (χ4v) is 3.11. The molecule has 0 spiro atoms. The molecular weight excluding hydrogens is 431 g/mol. The summed E-state index contributed by atoms with van der Waals surface area (Å²) in [6.45, 7) is -0.0354. The lowest BCUT2D eigenvalue weighted by atomic mass is 10.1. The van der Waals surface area contributed by atoms with E-state index in [2.05, 4.69) is 0 Å². The molecule has 0 amide bonds. The summed E-state index contributed by atoms with van der Waals surface area (Å²) in [5.74, 6) is -4.16. The van der Waals surface area contributed by atoms with Gasteiger partial charge in [-0.1, -0.05) is 42.5 Å². The molecule has 2 aromatic carbocycles. The van der Waals surface area contributed by atoms with E-state index in [0.29, 0.717) is 12.2 Å². The minimum absolute atomic E-state index is 0.0354. The number of halogens is 1. The molecule has 33 heavy (non-hydrogen) atoms. The smallest absolute Gasteiger partial charge is 0.371 e. The molecule has 0 saturated heterocycles. The van der Waals surface area contributed by atoms with Gasteiger partial charge in [0.2, 0.25) is 22.7 Å². The van der Waals surface area contributed by atoms with Crippen molar-refractivity contribution in [3.05, 3.63) is 123 Å². The van der Waals surface area contributed by atoms with Crippen LogP contribution in [-0.4, -0.2) is 16.9 Å². The summed E-state index contributed by atoms with van der Waals surface area (Å²) >= 11 is 0. The molecule has 0 aliphatic carbocycles. The van der Waals surface area contributed by atoms with Gasteiger partial charge in [0.15, 0.2) is 5.76 Å². The molecule has 2 heterocycles. The second kappa shape index (κ2) is 9.35. The number of hydrogen-bond acceptors (Lipinski definition) is 6. The van der Waals surface area contributed by atoms with E-state index in [4.69, 9.17) is 13.6 Å². The van der Waals surface area contributed by atoms with E-state index in [0.717, 1.165) is 17.2 Å². The fourth-order valence-electron chi connectivity index (χ4n) is 3.11. The van der Waals surface area contributed by atoms with E-state index in [1.54, 1.807) is 42.5 Å². The third kappa shape index (κ3) is 5.07. The van der Waals surface area contributed by atoms with E-state index < -0.39 is 34.5 Å². The summed E-state index contributed by atoms with van der Waals surface area (Å²) in [5, 5.41) is 9.24. The highest BCUT2D eigenvalue weighted by molar-refractivity contribution is 6.07. The zero-order chi connectivity index (χ0) is 23.4. The maximum Gasteiger partial charge on any atom is 0.371 e. The molecule has 0 unspecified atom stereocenters. The van der Waals surface area contributed by atoms with Crippen LogP contribution >= 0.6 is 0 Å². The van der Waals surface area contributed by atoms with Gasteiger partial charge in [0.05, 0.1) is 0 Å². The summed E-state index contributed by atoms with van der Waals surface area (Å²) in [5.41, 5.74) is 0.684. The number of aromatic carboxylic acids is 1. The van der Waals surface area contributed by atoms with Crippen LogP contribution in [0.2, 0.25) is 0 Å². The zero-order valence-electron chi connectivity index (χ0n) is 17.1. The minimum Gasteiger partial charge on any atom is -0.481 e. The van der Waals surface area contributed by atoms with Gasteiger partial charge in [-0.3, -0.25) is 9.59 Å². The molecular formula is C25H17FO7. The first kappa shape index (κ1) is 21.8. The maximum atomic E-state index is 13.1. The maximum absolute atomic E-state index is 13.1. The van der Waals surface area contributed by atoms with Gasteiger partial charge in [-0.25, -0.2) is 9.18 Å². The first-order valence-electron chi connectivity index (χ1n) is 9.87. The van der Waals surface area contributed by atoms with Crippen molar-refractivity contribution in [2.24, 2.45) is 0 Å². The number of ether oxygens (including phenoxy) is 1. The summed E-state index contributed by atoms with van der Waals surface area (Å²) < 4.78 is 29.4. The van der Waals surface area contributed by atoms with Crippen molar-refractivity contribution in [2.75, 3.05) is 0 Å². The third-order valence-electron chi connectivity index (χ3n) is 4.72. The molecule has 0 saturated carbocycles. The molecule has 7 nitrogen and oxygen atoms in total. The van der Waals surface area contributed by atoms with Crippen LogP contribution in [0.5, 0.6) is 5.75 Å². The van der Waals surface area contributed by atoms with Crippen molar-refractivity contribution in [2.45, 2.75) is 13.0 Å². The predicted octanol–water partition coefficient (Wildman–Crippen LogP) is 4.47.